The van der Waals surface area contributed by atoms with Crippen molar-refractivity contribution in [1.29, 1.82) is 0 Å². The Morgan fingerprint density at radius 2 is 0.886 bits per heavy atom. The summed E-state index contributed by atoms with van der Waals surface area (Å²) in [6.45, 7) is 7.35. The lowest BCUT2D eigenvalue weighted by molar-refractivity contribution is -0.143. The van der Waals surface area contributed by atoms with Gasteiger partial charge in [0.1, 0.15) is 13.2 Å². The lowest BCUT2D eigenvalue weighted by Crippen LogP contribution is -2.20. The van der Waals surface area contributed by atoms with Gasteiger partial charge in [-0.25, -0.2) is 9.59 Å². The Labute approximate surface area is 256 Å². The molecule has 6 nitrogen and oxygen atoms in total. The zero-order valence-electron chi connectivity index (χ0n) is 25.3. The number of carboxylic acids is 2. The Morgan fingerprint density at radius 3 is 1.16 bits per heavy atom. The fourth-order valence-electron chi connectivity index (χ4n) is 5.19. The van der Waals surface area contributed by atoms with E-state index in [2.05, 4.69) is 72.2 Å². The van der Waals surface area contributed by atoms with Crippen LogP contribution in [0, 0.1) is 34.5 Å². The first-order valence-corrected chi connectivity index (χ1v) is 14.4. The van der Waals surface area contributed by atoms with Crippen LogP contribution in [-0.2, 0) is 19.1 Å². The lowest BCUT2D eigenvalue weighted by atomic mass is 9.87. The molecular weight excluding hydrogens is 552 g/mol. The number of hydrogen-bond donors (Lipinski definition) is 2. The van der Waals surface area contributed by atoms with Gasteiger partial charge < -0.3 is 19.7 Å². The molecule has 5 aromatic rings. The predicted octanol–water partition coefficient (Wildman–Crippen LogP) is 7.26. The molecule has 5 aromatic carbocycles. The zero-order chi connectivity index (χ0) is 31.5. The van der Waals surface area contributed by atoms with Crippen molar-refractivity contribution in [1.82, 2.24) is 0 Å². The van der Waals surface area contributed by atoms with Gasteiger partial charge in [0, 0.05) is 22.0 Å². The van der Waals surface area contributed by atoms with Gasteiger partial charge in [0.25, 0.3) is 0 Å². The third kappa shape index (κ3) is 7.01. The molecule has 6 heteroatoms. The SMILES string of the molecule is CC(C)(C#Cc1c2cc3ccccc3cc2c(C#CC(C)(C)COCC(=O)O)c2cc3ccccc3cc12)COCC(=O)O. The van der Waals surface area contributed by atoms with E-state index in [4.69, 9.17) is 19.7 Å². The summed E-state index contributed by atoms with van der Waals surface area (Å²) in [7, 11) is 0. The first-order valence-electron chi connectivity index (χ1n) is 14.4. The van der Waals surface area contributed by atoms with Crippen LogP contribution in [0.25, 0.3) is 43.1 Å². The smallest absolute Gasteiger partial charge is 0.329 e. The molecule has 0 unspecified atom stereocenters. The van der Waals surface area contributed by atoms with E-state index in [1.807, 2.05) is 52.0 Å². The highest BCUT2D eigenvalue weighted by Crippen LogP contribution is 2.37. The maximum Gasteiger partial charge on any atom is 0.329 e. The Balaban J connectivity index is 1.79. The Hall–Kier alpha value is -4.88. The van der Waals surface area contributed by atoms with E-state index >= 15 is 0 Å². The van der Waals surface area contributed by atoms with Crippen LogP contribution >= 0.6 is 0 Å². The molecule has 0 aliphatic heterocycles. The maximum atomic E-state index is 11.0. The minimum Gasteiger partial charge on any atom is -0.480 e. The van der Waals surface area contributed by atoms with Gasteiger partial charge in [-0.15, -0.1) is 0 Å². The van der Waals surface area contributed by atoms with Gasteiger partial charge in [-0.05, 0) is 95.1 Å². The fraction of sp³-hybridized carbons (Fsp3) is 0.263. The normalized spacial score (nSPS) is 11.7. The van der Waals surface area contributed by atoms with E-state index in [0.717, 1.165) is 54.2 Å². The Kier molecular flexibility index (Phi) is 8.61. The van der Waals surface area contributed by atoms with Gasteiger partial charge in [0.05, 0.1) is 13.2 Å². The minimum atomic E-state index is -1.02. The average Bonchev–Trinajstić information content (AvgIpc) is 2.96. The zero-order valence-corrected chi connectivity index (χ0v) is 25.3. The standard InChI is InChI=1S/C38H34O6/c1-37(2,23-43-21-35(39)40)15-13-29-31-17-25-9-5-7-11-27(25)19-33(31)30(14-16-38(3,4)24-44-22-36(41)42)34-20-28-12-8-6-10-26(28)18-32(29)34/h5-12,17-20H,21-24H2,1-4H3,(H,39,40)(H,41,42). The van der Waals surface area contributed by atoms with Gasteiger partial charge in [0.15, 0.2) is 0 Å². The maximum absolute atomic E-state index is 11.0. The molecule has 0 radical (unpaired) electrons. The molecule has 0 amide bonds. The minimum absolute atomic E-state index is 0.177. The van der Waals surface area contributed by atoms with Crippen molar-refractivity contribution in [2.75, 3.05) is 26.4 Å². The lowest BCUT2D eigenvalue weighted by Gasteiger charge is -2.18. The van der Waals surface area contributed by atoms with E-state index in [-0.39, 0.29) is 26.4 Å². The van der Waals surface area contributed by atoms with Crippen molar-refractivity contribution >= 4 is 55.0 Å². The van der Waals surface area contributed by atoms with Crippen LogP contribution in [0.1, 0.15) is 38.8 Å². The van der Waals surface area contributed by atoms with Crippen molar-refractivity contribution in [3.8, 4) is 23.7 Å². The number of ether oxygens (including phenoxy) is 2. The summed E-state index contributed by atoms with van der Waals surface area (Å²) < 4.78 is 10.8. The second kappa shape index (κ2) is 12.4. The number of benzene rings is 5. The Bertz CT molecular complexity index is 1800. The quantitative estimate of drug-likeness (QED) is 0.147. The number of carboxylic acid groups (broad SMARTS) is 2. The summed E-state index contributed by atoms with van der Waals surface area (Å²) in [4.78, 5) is 22.0. The molecule has 2 N–H and O–H groups in total. The van der Waals surface area contributed by atoms with Crippen LogP contribution in [0.2, 0.25) is 0 Å². The highest BCUT2D eigenvalue weighted by molar-refractivity contribution is 6.16. The molecule has 44 heavy (non-hydrogen) atoms. The van der Waals surface area contributed by atoms with Gasteiger partial charge in [-0.1, -0.05) is 72.2 Å². The number of fused-ring (bicyclic) bond motifs is 4. The van der Waals surface area contributed by atoms with Gasteiger partial charge in [-0.2, -0.15) is 0 Å². The van der Waals surface area contributed by atoms with Crippen LogP contribution in [0.3, 0.4) is 0 Å². The van der Waals surface area contributed by atoms with E-state index in [1.165, 1.54) is 0 Å². The predicted molar refractivity (Wildman–Crippen MR) is 175 cm³/mol. The van der Waals surface area contributed by atoms with Crippen molar-refractivity contribution in [2.45, 2.75) is 27.7 Å². The monoisotopic (exact) mass is 586 g/mol. The first kappa shape index (κ1) is 30.6. The van der Waals surface area contributed by atoms with E-state index < -0.39 is 22.8 Å². The average molecular weight is 587 g/mol. The number of hydrogen-bond acceptors (Lipinski definition) is 4. The largest absolute Gasteiger partial charge is 0.480 e. The molecule has 222 valence electrons. The van der Waals surface area contributed by atoms with Gasteiger partial charge in [-0.3, -0.25) is 0 Å². The molecule has 0 spiro atoms. The number of rotatable bonds is 8. The Morgan fingerprint density at radius 1 is 0.591 bits per heavy atom. The number of carbonyl (C=O) groups is 2. The van der Waals surface area contributed by atoms with E-state index in [9.17, 15) is 9.59 Å². The third-order valence-corrected chi connectivity index (χ3v) is 7.28. The molecule has 0 saturated heterocycles. The van der Waals surface area contributed by atoms with Gasteiger partial charge in [0.2, 0.25) is 0 Å². The van der Waals surface area contributed by atoms with Crippen molar-refractivity contribution in [3.63, 3.8) is 0 Å². The van der Waals surface area contributed by atoms with Gasteiger partial charge >= 0.3 is 11.9 Å². The third-order valence-electron chi connectivity index (χ3n) is 7.28. The van der Waals surface area contributed by atoms with Crippen molar-refractivity contribution in [3.05, 3.63) is 83.9 Å². The van der Waals surface area contributed by atoms with E-state index in [1.54, 1.807) is 0 Å². The van der Waals surface area contributed by atoms with Crippen LogP contribution in [-0.4, -0.2) is 48.6 Å². The summed E-state index contributed by atoms with van der Waals surface area (Å²) >= 11 is 0. The summed E-state index contributed by atoms with van der Waals surface area (Å²) in [5.74, 6) is 11.7. The van der Waals surface area contributed by atoms with Crippen LogP contribution in [0.4, 0.5) is 0 Å². The topological polar surface area (TPSA) is 93.1 Å². The fourth-order valence-corrected chi connectivity index (χ4v) is 5.19. The van der Waals surface area contributed by atoms with Crippen molar-refractivity contribution in [2.24, 2.45) is 10.8 Å². The molecule has 0 aliphatic rings. The van der Waals surface area contributed by atoms with E-state index in [0.29, 0.717) is 0 Å². The molecule has 5 rings (SSSR count). The summed E-state index contributed by atoms with van der Waals surface area (Å²) in [6, 6.07) is 25.0. The molecule has 0 heterocycles. The highest BCUT2D eigenvalue weighted by Gasteiger charge is 2.19. The van der Waals surface area contributed by atoms with Crippen LogP contribution in [0.5, 0.6) is 0 Å². The molecule has 0 aromatic heterocycles. The molecular formula is C38H34O6. The van der Waals surface area contributed by atoms with Crippen molar-refractivity contribution < 1.29 is 29.3 Å². The molecule has 0 saturated carbocycles. The second-order valence-electron chi connectivity index (χ2n) is 12.3. The first-order chi connectivity index (χ1) is 20.9. The summed E-state index contributed by atoms with van der Waals surface area (Å²) in [5, 5.41) is 26.2. The summed E-state index contributed by atoms with van der Waals surface area (Å²) in [6.07, 6.45) is 0. The molecule has 0 bridgehead atoms. The molecule has 0 aliphatic carbocycles. The summed E-state index contributed by atoms with van der Waals surface area (Å²) in [5.41, 5.74) is 0.542. The highest BCUT2D eigenvalue weighted by atomic mass is 16.5. The molecule has 0 atom stereocenters. The number of aliphatic carboxylic acids is 2. The molecule has 0 fully saturated rings. The van der Waals surface area contributed by atoms with Crippen LogP contribution in [0.15, 0.2) is 72.8 Å². The second-order valence-corrected chi connectivity index (χ2v) is 12.3. The van der Waals surface area contributed by atoms with Crippen LogP contribution < -0.4 is 0 Å².